The van der Waals surface area contributed by atoms with E-state index in [4.69, 9.17) is 0 Å². The lowest BCUT2D eigenvalue weighted by Crippen LogP contribution is -2.05. The van der Waals surface area contributed by atoms with Gasteiger partial charge in [0.1, 0.15) is 5.03 Å². The van der Waals surface area contributed by atoms with Gasteiger partial charge in [-0.1, -0.05) is 25.1 Å². The molecule has 0 atom stereocenters. The van der Waals surface area contributed by atoms with Gasteiger partial charge in [0, 0.05) is 5.39 Å². The minimum absolute atomic E-state index is 0.329. The standard InChI is InChI=1S/C13H13NO2S/c1-3-17-12-11(13(15)16)8(2)9-6-4-5-7-10(9)14-12/h4-7H,3H2,1-2H3,(H,15,16). The lowest BCUT2D eigenvalue weighted by atomic mass is 10.1. The number of rotatable bonds is 3. The Morgan fingerprint density at radius 2 is 2.12 bits per heavy atom. The third kappa shape index (κ3) is 2.13. The fourth-order valence-electron chi connectivity index (χ4n) is 1.84. The Bertz CT molecular complexity index is 581. The largest absolute Gasteiger partial charge is 0.478 e. The Morgan fingerprint density at radius 1 is 1.41 bits per heavy atom. The number of aromatic nitrogens is 1. The topological polar surface area (TPSA) is 50.2 Å². The van der Waals surface area contributed by atoms with Gasteiger partial charge in [-0.2, -0.15) is 0 Å². The molecule has 0 radical (unpaired) electrons. The summed E-state index contributed by atoms with van der Waals surface area (Å²) in [5.74, 6) is -0.0953. The monoisotopic (exact) mass is 247 g/mol. The highest BCUT2D eigenvalue weighted by Crippen LogP contribution is 2.28. The van der Waals surface area contributed by atoms with Crippen molar-refractivity contribution in [2.24, 2.45) is 0 Å². The highest BCUT2D eigenvalue weighted by atomic mass is 32.2. The molecular formula is C13H13NO2S. The number of hydrogen-bond acceptors (Lipinski definition) is 3. The zero-order chi connectivity index (χ0) is 12.4. The minimum atomic E-state index is -0.906. The Labute approximate surface area is 104 Å². The fourth-order valence-corrected chi connectivity index (χ4v) is 2.66. The van der Waals surface area contributed by atoms with Gasteiger partial charge in [0.2, 0.25) is 0 Å². The molecule has 0 aliphatic rings. The molecule has 1 heterocycles. The van der Waals surface area contributed by atoms with Gasteiger partial charge in [-0.15, -0.1) is 11.8 Å². The highest BCUT2D eigenvalue weighted by molar-refractivity contribution is 7.99. The number of fused-ring (bicyclic) bond motifs is 1. The smallest absolute Gasteiger partial charge is 0.338 e. The molecule has 0 aliphatic carbocycles. The third-order valence-corrected chi connectivity index (χ3v) is 3.47. The van der Waals surface area contributed by atoms with Crippen LogP contribution >= 0.6 is 11.8 Å². The molecule has 0 fully saturated rings. The van der Waals surface area contributed by atoms with E-state index >= 15 is 0 Å². The van der Waals surface area contributed by atoms with E-state index in [1.165, 1.54) is 11.8 Å². The van der Waals surface area contributed by atoms with Crippen molar-refractivity contribution >= 4 is 28.6 Å². The molecule has 2 aromatic rings. The summed E-state index contributed by atoms with van der Waals surface area (Å²) in [7, 11) is 0. The van der Waals surface area contributed by atoms with Crippen LogP contribution in [0.3, 0.4) is 0 Å². The fraction of sp³-hybridized carbons (Fsp3) is 0.231. The van der Waals surface area contributed by atoms with E-state index in [1.54, 1.807) is 0 Å². The first-order chi connectivity index (χ1) is 8.15. The van der Waals surface area contributed by atoms with Gasteiger partial charge in [-0.05, 0) is 24.3 Å². The molecule has 0 spiro atoms. The SMILES string of the molecule is CCSc1nc2ccccc2c(C)c1C(=O)O. The molecule has 0 bridgehead atoms. The summed E-state index contributed by atoms with van der Waals surface area (Å²) in [6, 6.07) is 7.63. The van der Waals surface area contributed by atoms with Gasteiger partial charge in [0.25, 0.3) is 0 Å². The number of pyridine rings is 1. The van der Waals surface area contributed by atoms with E-state index in [0.29, 0.717) is 10.6 Å². The quantitative estimate of drug-likeness (QED) is 0.845. The van der Waals surface area contributed by atoms with Crippen molar-refractivity contribution in [3.63, 3.8) is 0 Å². The maximum absolute atomic E-state index is 11.3. The number of carboxylic acids is 1. The van der Waals surface area contributed by atoms with Crippen LogP contribution in [0.15, 0.2) is 29.3 Å². The Kier molecular flexibility index (Phi) is 3.33. The summed E-state index contributed by atoms with van der Waals surface area (Å²) in [6.07, 6.45) is 0. The van der Waals surface area contributed by atoms with Crippen molar-refractivity contribution in [1.29, 1.82) is 0 Å². The van der Waals surface area contributed by atoms with Gasteiger partial charge in [-0.3, -0.25) is 0 Å². The molecule has 1 aromatic carbocycles. The molecule has 4 heteroatoms. The number of aromatic carboxylic acids is 1. The van der Waals surface area contributed by atoms with Crippen LogP contribution in [0.25, 0.3) is 10.9 Å². The molecule has 0 amide bonds. The average Bonchev–Trinajstić information content (AvgIpc) is 2.29. The molecule has 0 saturated heterocycles. The number of benzene rings is 1. The molecule has 3 nitrogen and oxygen atoms in total. The summed E-state index contributed by atoms with van der Waals surface area (Å²) in [6.45, 7) is 3.83. The van der Waals surface area contributed by atoms with Gasteiger partial charge in [0.15, 0.2) is 0 Å². The second kappa shape index (κ2) is 4.75. The summed E-state index contributed by atoms with van der Waals surface area (Å²) in [5, 5.41) is 10.8. The van der Waals surface area contributed by atoms with E-state index in [1.807, 2.05) is 38.1 Å². The molecule has 1 N–H and O–H groups in total. The van der Waals surface area contributed by atoms with Crippen LogP contribution in [0.1, 0.15) is 22.8 Å². The van der Waals surface area contributed by atoms with Crippen LogP contribution in [0.2, 0.25) is 0 Å². The first kappa shape index (κ1) is 11.9. The molecule has 1 aromatic heterocycles. The maximum Gasteiger partial charge on any atom is 0.338 e. The average molecular weight is 247 g/mol. The van der Waals surface area contributed by atoms with E-state index in [9.17, 15) is 9.90 Å². The number of carboxylic acid groups (broad SMARTS) is 1. The summed E-state index contributed by atoms with van der Waals surface area (Å²) < 4.78 is 0. The molecule has 0 aliphatic heterocycles. The van der Waals surface area contributed by atoms with Crippen LogP contribution in [0, 0.1) is 6.92 Å². The van der Waals surface area contributed by atoms with E-state index in [-0.39, 0.29) is 0 Å². The number of carbonyl (C=O) groups is 1. The van der Waals surface area contributed by atoms with Gasteiger partial charge in [-0.25, -0.2) is 9.78 Å². The van der Waals surface area contributed by atoms with Crippen LogP contribution in [0.5, 0.6) is 0 Å². The minimum Gasteiger partial charge on any atom is -0.478 e. The molecule has 88 valence electrons. The number of aryl methyl sites for hydroxylation is 1. The molecule has 17 heavy (non-hydrogen) atoms. The van der Waals surface area contributed by atoms with Crippen LogP contribution in [-0.2, 0) is 0 Å². The van der Waals surface area contributed by atoms with Crippen LogP contribution < -0.4 is 0 Å². The second-order valence-corrected chi connectivity index (χ2v) is 4.92. The number of nitrogens with zero attached hydrogens (tertiary/aromatic N) is 1. The first-order valence-corrected chi connectivity index (χ1v) is 6.39. The van der Waals surface area contributed by atoms with Gasteiger partial charge < -0.3 is 5.11 Å². The van der Waals surface area contributed by atoms with Crippen LogP contribution in [0.4, 0.5) is 0 Å². The number of para-hydroxylation sites is 1. The van der Waals surface area contributed by atoms with Crippen molar-refractivity contribution in [2.45, 2.75) is 18.9 Å². The van der Waals surface area contributed by atoms with E-state index in [0.717, 1.165) is 22.2 Å². The zero-order valence-electron chi connectivity index (χ0n) is 9.73. The predicted molar refractivity (Wildman–Crippen MR) is 69.8 cm³/mol. The van der Waals surface area contributed by atoms with Crippen molar-refractivity contribution in [3.8, 4) is 0 Å². The summed E-state index contributed by atoms with van der Waals surface area (Å²) >= 11 is 1.47. The first-order valence-electron chi connectivity index (χ1n) is 5.40. The summed E-state index contributed by atoms with van der Waals surface area (Å²) in [5.41, 5.74) is 1.97. The lowest BCUT2D eigenvalue weighted by molar-refractivity contribution is 0.0691. The van der Waals surface area contributed by atoms with E-state index < -0.39 is 5.97 Å². The van der Waals surface area contributed by atoms with Crippen molar-refractivity contribution in [2.75, 3.05) is 5.75 Å². The normalized spacial score (nSPS) is 10.7. The lowest BCUT2D eigenvalue weighted by Gasteiger charge is -2.10. The van der Waals surface area contributed by atoms with Gasteiger partial charge in [0.05, 0.1) is 11.1 Å². The Hall–Kier alpha value is -1.55. The third-order valence-electron chi connectivity index (χ3n) is 2.61. The van der Waals surface area contributed by atoms with Crippen molar-refractivity contribution in [3.05, 3.63) is 35.4 Å². The highest BCUT2D eigenvalue weighted by Gasteiger charge is 2.17. The predicted octanol–water partition coefficient (Wildman–Crippen LogP) is 3.35. The van der Waals surface area contributed by atoms with E-state index in [2.05, 4.69) is 4.98 Å². The van der Waals surface area contributed by atoms with Crippen molar-refractivity contribution < 1.29 is 9.90 Å². The van der Waals surface area contributed by atoms with Gasteiger partial charge >= 0.3 is 5.97 Å². The Morgan fingerprint density at radius 3 is 2.76 bits per heavy atom. The number of thioether (sulfide) groups is 1. The molecule has 0 saturated carbocycles. The summed E-state index contributed by atoms with van der Waals surface area (Å²) in [4.78, 5) is 15.7. The second-order valence-electron chi connectivity index (χ2n) is 3.67. The van der Waals surface area contributed by atoms with Crippen molar-refractivity contribution in [1.82, 2.24) is 4.98 Å². The molecule has 0 unspecified atom stereocenters. The number of hydrogen-bond donors (Lipinski definition) is 1. The zero-order valence-corrected chi connectivity index (χ0v) is 10.5. The molecular weight excluding hydrogens is 234 g/mol. The maximum atomic E-state index is 11.3. The molecule has 2 rings (SSSR count). The van der Waals surface area contributed by atoms with Crippen LogP contribution in [-0.4, -0.2) is 21.8 Å². The Balaban J connectivity index is 2.79.